The number of dihydropyridines is 1. The first kappa shape index (κ1) is 27.3. The van der Waals surface area contributed by atoms with Gasteiger partial charge < -0.3 is 14.5 Å². The smallest absolute Gasteiger partial charge is 0.336 e. The molecule has 2 aliphatic rings. The zero-order valence-corrected chi connectivity index (χ0v) is 23.7. The van der Waals surface area contributed by atoms with E-state index in [-0.39, 0.29) is 41.3 Å². The maximum absolute atomic E-state index is 13.9. The largest absolute Gasteiger partial charge is 0.464 e. The minimum absolute atomic E-state index is 0.124. The Morgan fingerprint density at radius 3 is 2.69 bits per heavy atom. The number of hydrogen-bond acceptors (Lipinski definition) is 7. The molecule has 5 rings (SSSR count). The van der Waals surface area contributed by atoms with E-state index in [9.17, 15) is 14.4 Å². The number of ether oxygens (including phenoxy) is 1. The number of ketones is 1. The van der Waals surface area contributed by atoms with Crippen molar-refractivity contribution in [3.8, 4) is 0 Å². The summed E-state index contributed by atoms with van der Waals surface area (Å²) in [6, 6.07) is 12.9. The molecule has 2 atom stereocenters. The highest BCUT2D eigenvalue weighted by Gasteiger charge is 2.43. The van der Waals surface area contributed by atoms with Gasteiger partial charge in [-0.2, -0.15) is 11.8 Å². The Kier molecular flexibility index (Phi) is 8.01. The van der Waals surface area contributed by atoms with Gasteiger partial charge >= 0.3 is 5.97 Å². The number of halogens is 1. The molecule has 0 radical (unpaired) electrons. The summed E-state index contributed by atoms with van der Waals surface area (Å²) in [6.07, 6.45) is 2.13. The lowest BCUT2D eigenvalue weighted by molar-refractivity contribution is -0.138. The van der Waals surface area contributed by atoms with Crippen LogP contribution in [0.15, 0.2) is 80.5 Å². The number of aryl methyl sites for hydroxylation is 1. The summed E-state index contributed by atoms with van der Waals surface area (Å²) in [5.74, 6) is -0.122. The molecule has 0 fully saturated rings. The fraction of sp³-hybridized carbons (Fsp3) is 0.323. The molecule has 3 aromatic rings. The number of nitrogens with one attached hydrogen (secondary N) is 1. The Morgan fingerprint density at radius 2 is 1.92 bits per heavy atom. The second kappa shape index (κ2) is 11.4. The molecule has 8 heteroatoms. The van der Waals surface area contributed by atoms with Gasteiger partial charge in [0.25, 0.3) is 0 Å². The van der Waals surface area contributed by atoms with Crippen LogP contribution in [0.1, 0.15) is 55.2 Å². The topological polar surface area (TPSA) is 85.6 Å². The summed E-state index contributed by atoms with van der Waals surface area (Å²) >= 11 is 8.15. The molecule has 1 aromatic heterocycles. The normalized spacial score (nSPS) is 19.2. The zero-order chi connectivity index (χ0) is 27.7. The highest BCUT2D eigenvalue weighted by Crippen LogP contribution is 2.46. The molecule has 0 saturated heterocycles. The van der Waals surface area contributed by atoms with Gasteiger partial charge in [0, 0.05) is 39.7 Å². The molecule has 0 saturated carbocycles. The third-order valence-corrected chi connectivity index (χ3v) is 8.53. The van der Waals surface area contributed by atoms with Crippen molar-refractivity contribution in [3.05, 3.63) is 103 Å². The van der Waals surface area contributed by atoms with E-state index in [1.807, 2.05) is 44.2 Å². The van der Waals surface area contributed by atoms with Gasteiger partial charge in [-0.25, -0.2) is 4.79 Å². The van der Waals surface area contributed by atoms with Gasteiger partial charge in [-0.05, 0) is 55.7 Å². The predicted octanol–water partition coefficient (Wildman–Crippen LogP) is 6.41. The van der Waals surface area contributed by atoms with Crippen LogP contribution in [0.4, 0.5) is 0 Å². The Morgan fingerprint density at radius 1 is 1.13 bits per heavy atom. The molecule has 1 N–H and O–H groups in total. The second-order valence-corrected chi connectivity index (χ2v) is 11.7. The summed E-state index contributed by atoms with van der Waals surface area (Å²) in [6.45, 7) is 5.96. The lowest BCUT2D eigenvalue weighted by Gasteiger charge is -2.36. The van der Waals surface area contributed by atoms with Crippen LogP contribution in [-0.2, 0) is 14.3 Å². The van der Waals surface area contributed by atoms with Crippen LogP contribution in [0.3, 0.4) is 0 Å². The summed E-state index contributed by atoms with van der Waals surface area (Å²) < 4.78 is 11.5. The summed E-state index contributed by atoms with van der Waals surface area (Å²) in [5, 5.41) is 4.34. The van der Waals surface area contributed by atoms with Gasteiger partial charge in [-0.15, -0.1) is 0 Å². The van der Waals surface area contributed by atoms with Crippen LogP contribution >= 0.6 is 23.4 Å². The number of benzene rings is 2. The average molecular weight is 564 g/mol. The summed E-state index contributed by atoms with van der Waals surface area (Å²) in [4.78, 5) is 41.2. The van der Waals surface area contributed by atoms with Crippen molar-refractivity contribution < 1.29 is 18.7 Å². The Bertz CT molecular complexity index is 1590. The molecule has 0 spiro atoms. The van der Waals surface area contributed by atoms with E-state index in [2.05, 4.69) is 5.32 Å². The van der Waals surface area contributed by atoms with Crippen LogP contribution in [0.2, 0.25) is 5.02 Å². The van der Waals surface area contributed by atoms with Crippen molar-refractivity contribution >= 4 is 46.1 Å². The number of thioether (sulfide) groups is 1. The van der Waals surface area contributed by atoms with Crippen LogP contribution < -0.4 is 10.7 Å². The first-order valence-corrected chi connectivity index (χ1v) is 14.6. The van der Waals surface area contributed by atoms with E-state index in [0.717, 1.165) is 16.9 Å². The van der Waals surface area contributed by atoms with Gasteiger partial charge in [0.05, 0.1) is 23.1 Å². The van der Waals surface area contributed by atoms with Crippen molar-refractivity contribution in [2.45, 2.75) is 45.4 Å². The fourth-order valence-corrected chi connectivity index (χ4v) is 6.30. The predicted molar refractivity (Wildman–Crippen MR) is 155 cm³/mol. The van der Waals surface area contributed by atoms with E-state index in [1.54, 1.807) is 30.8 Å². The maximum Gasteiger partial charge on any atom is 0.336 e. The second-order valence-electron chi connectivity index (χ2n) is 9.89. The highest BCUT2D eigenvalue weighted by atomic mass is 35.5. The first-order valence-electron chi connectivity index (χ1n) is 13.1. The molecule has 0 unspecified atom stereocenters. The molecule has 1 aliphatic carbocycles. The van der Waals surface area contributed by atoms with Crippen molar-refractivity contribution in [3.63, 3.8) is 0 Å². The van der Waals surface area contributed by atoms with Gasteiger partial charge in [0.15, 0.2) is 11.2 Å². The number of rotatable bonds is 7. The molecule has 0 bridgehead atoms. The third kappa shape index (κ3) is 5.30. The van der Waals surface area contributed by atoms with Crippen LogP contribution in [0.25, 0.3) is 11.0 Å². The minimum atomic E-state index is -0.895. The van der Waals surface area contributed by atoms with E-state index < -0.39 is 11.9 Å². The SMILES string of the molecule is CCSCCOC(=O)C1=C(C)NC2=C(C(=O)C[C@H](c3ccccc3Cl)C2)[C@@H]1c1coc2ccc(C)cc2c1=O. The van der Waals surface area contributed by atoms with Crippen molar-refractivity contribution in [2.24, 2.45) is 0 Å². The number of carbonyl (C=O) groups is 2. The maximum atomic E-state index is 13.9. The molecule has 2 heterocycles. The molecular weight excluding hydrogens is 534 g/mol. The van der Waals surface area contributed by atoms with Crippen molar-refractivity contribution in [1.29, 1.82) is 0 Å². The van der Waals surface area contributed by atoms with Gasteiger partial charge in [0.1, 0.15) is 12.2 Å². The number of hydrogen-bond donors (Lipinski definition) is 1. The molecule has 2 aromatic carbocycles. The molecule has 202 valence electrons. The van der Waals surface area contributed by atoms with Crippen LogP contribution in [0, 0.1) is 6.92 Å². The lowest BCUT2D eigenvalue weighted by Crippen LogP contribution is -2.37. The van der Waals surface area contributed by atoms with Crippen LogP contribution in [-0.4, -0.2) is 29.9 Å². The zero-order valence-electron chi connectivity index (χ0n) is 22.1. The van der Waals surface area contributed by atoms with Gasteiger partial charge in [-0.1, -0.05) is 48.4 Å². The monoisotopic (exact) mass is 563 g/mol. The number of Topliss-reactive ketones (excluding diaryl/α,β-unsaturated/α-hetero) is 1. The molecule has 1 aliphatic heterocycles. The fourth-order valence-electron chi connectivity index (χ4n) is 5.52. The summed E-state index contributed by atoms with van der Waals surface area (Å²) in [5.41, 5.74) is 4.18. The van der Waals surface area contributed by atoms with Crippen LogP contribution in [0.5, 0.6) is 0 Å². The van der Waals surface area contributed by atoms with Crippen molar-refractivity contribution in [1.82, 2.24) is 5.32 Å². The number of esters is 1. The highest BCUT2D eigenvalue weighted by molar-refractivity contribution is 7.99. The van der Waals surface area contributed by atoms with E-state index in [4.69, 9.17) is 20.8 Å². The minimum Gasteiger partial charge on any atom is -0.464 e. The van der Waals surface area contributed by atoms with Gasteiger partial charge in [0.2, 0.25) is 0 Å². The lowest BCUT2D eigenvalue weighted by atomic mass is 9.72. The average Bonchev–Trinajstić information content (AvgIpc) is 2.91. The first-order chi connectivity index (χ1) is 18.8. The van der Waals surface area contributed by atoms with Crippen molar-refractivity contribution in [2.75, 3.05) is 18.1 Å². The molecule has 6 nitrogen and oxygen atoms in total. The van der Waals surface area contributed by atoms with E-state index in [0.29, 0.717) is 45.1 Å². The third-order valence-electron chi connectivity index (χ3n) is 7.32. The van der Waals surface area contributed by atoms with E-state index in [1.165, 1.54) is 6.26 Å². The summed E-state index contributed by atoms with van der Waals surface area (Å²) in [7, 11) is 0. The quantitative estimate of drug-likeness (QED) is 0.262. The molecule has 39 heavy (non-hydrogen) atoms. The molecule has 0 amide bonds. The Labute approximate surface area is 236 Å². The number of fused-ring (bicyclic) bond motifs is 1. The Hall–Kier alpha value is -3.29. The van der Waals surface area contributed by atoms with Gasteiger partial charge in [-0.3, -0.25) is 9.59 Å². The number of allylic oxidation sites excluding steroid dienone is 3. The standard InChI is InChI=1S/C31H30ClNO5S/c1-4-39-12-11-37-31(36)27-18(3)33-24-14-19(20-7-5-6-8-23(20)32)15-25(34)29(24)28(27)22-16-38-26-10-9-17(2)13-21(26)30(22)35/h5-10,13,16,19,28,33H,4,11-12,14-15H2,1-3H3/t19-,28-/m1/s1. The Balaban J connectivity index is 1.63. The van der Waals surface area contributed by atoms with E-state index >= 15 is 0 Å². The number of carbonyl (C=O) groups excluding carboxylic acids is 2. The molecular formula is C31H30ClNO5S.